The number of nitrogens with zero attached hydrogens (tertiary/aromatic N) is 1. The van der Waals surface area contributed by atoms with Gasteiger partial charge in [-0.25, -0.2) is 0 Å². The van der Waals surface area contributed by atoms with Crippen molar-refractivity contribution in [2.75, 3.05) is 13.0 Å². The highest BCUT2D eigenvalue weighted by Crippen LogP contribution is 2.22. The smallest absolute Gasteiger partial charge is 0.253 e. The maximum atomic E-state index is 10.1. The topological polar surface area (TPSA) is 52.4 Å². The van der Waals surface area contributed by atoms with Gasteiger partial charge in [0, 0.05) is 9.82 Å². The molecule has 0 aromatic heterocycles. The van der Waals surface area contributed by atoms with Crippen molar-refractivity contribution >= 4 is 11.8 Å². The minimum Gasteiger partial charge on any atom is -0.497 e. The van der Waals surface area contributed by atoms with Crippen LogP contribution in [0.15, 0.2) is 29.2 Å². The quantitative estimate of drug-likeness (QED) is 0.322. The third-order valence-corrected chi connectivity index (χ3v) is 2.31. The highest BCUT2D eigenvalue weighted by Gasteiger charge is 2.00. The summed E-state index contributed by atoms with van der Waals surface area (Å²) in [6, 6.07) is 7.20. The molecule has 1 aromatic rings. The first kappa shape index (κ1) is 9.85. The van der Waals surface area contributed by atoms with Gasteiger partial charge in [0.15, 0.2) is 0 Å². The van der Waals surface area contributed by atoms with E-state index in [1.165, 1.54) is 11.8 Å². The molecule has 0 saturated heterocycles. The number of thioether (sulfide) groups is 1. The van der Waals surface area contributed by atoms with E-state index in [0.29, 0.717) is 5.75 Å². The lowest BCUT2D eigenvalue weighted by Crippen LogP contribution is -1.94. The Hall–Kier alpha value is -1.23. The molecule has 0 aliphatic heterocycles. The molecule has 1 aromatic carbocycles. The summed E-state index contributed by atoms with van der Waals surface area (Å²) in [6.45, 7) is 0. The van der Waals surface area contributed by atoms with E-state index in [4.69, 9.17) is 4.74 Å². The van der Waals surface area contributed by atoms with Crippen LogP contribution in [0.3, 0.4) is 0 Å². The molecule has 0 atom stereocenters. The Morgan fingerprint density at radius 2 is 2.38 bits per heavy atom. The Morgan fingerprint density at radius 3 is 3.00 bits per heavy atom. The van der Waals surface area contributed by atoms with Gasteiger partial charge < -0.3 is 4.74 Å². The van der Waals surface area contributed by atoms with E-state index in [2.05, 4.69) is 0 Å². The SMILES string of the molecule is COc1cccc(SC[N+](=O)[O-])c1. The monoisotopic (exact) mass is 199 g/mol. The lowest BCUT2D eigenvalue weighted by Gasteiger charge is -2.00. The largest absolute Gasteiger partial charge is 0.497 e. The minimum absolute atomic E-state index is 0.118. The Kier molecular flexibility index (Phi) is 3.57. The molecular weight excluding hydrogens is 190 g/mol. The minimum atomic E-state index is -0.357. The summed E-state index contributed by atoms with van der Waals surface area (Å²) in [7, 11) is 1.57. The van der Waals surface area contributed by atoms with Crippen molar-refractivity contribution in [3.63, 3.8) is 0 Å². The van der Waals surface area contributed by atoms with Gasteiger partial charge in [0.25, 0.3) is 5.88 Å². The summed E-state index contributed by atoms with van der Waals surface area (Å²) in [6.07, 6.45) is 0. The van der Waals surface area contributed by atoms with Gasteiger partial charge >= 0.3 is 0 Å². The second-order valence-electron chi connectivity index (χ2n) is 2.29. The van der Waals surface area contributed by atoms with Crippen LogP contribution in [-0.2, 0) is 0 Å². The van der Waals surface area contributed by atoms with Crippen molar-refractivity contribution in [3.8, 4) is 5.75 Å². The van der Waals surface area contributed by atoms with Crippen LogP contribution < -0.4 is 4.74 Å². The number of ether oxygens (including phenoxy) is 1. The van der Waals surface area contributed by atoms with Gasteiger partial charge in [-0.2, -0.15) is 0 Å². The average Bonchev–Trinajstić information content (AvgIpc) is 2.15. The van der Waals surface area contributed by atoms with Crippen LogP contribution in [0.5, 0.6) is 5.75 Å². The molecule has 0 spiro atoms. The summed E-state index contributed by atoms with van der Waals surface area (Å²) < 4.78 is 4.98. The summed E-state index contributed by atoms with van der Waals surface area (Å²) in [5, 5.41) is 10.1. The van der Waals surface area contributed by atoms with Crippen molar-refractivity contribution in [1.82, 2.24) is 0 Å². The molecule has 0 unspecified atom stereocenters. The number of methoxy groups -OCH3 is 1. The molecule has 70 valence electrons. The van der Waals surface area contributed by atoms with Crippen molar-refractivity contribution in [2.45, 2.75) is 4.90 Å². The van der Waals surface area contributed by atoms with E-state index in [0.717, 1.165) is 4.90 Å². The first-order valence-electron chi connectivity index (χ1n) is 3.61. The van der Waals surface area contributed by atoms with Crippen molar-refractivity contribution in [1.29, 1.82) is 0 Å². The summed E-state index contributed by atoms with van der Waals surface area (Å²) >= 11 is 1.18. The van der Waals surface area contributed by atoms with E-state index in [1.807, 2.05) is 6.07 Å². The molecule has 0 bridgehead atoms. The average molecular weight is 199 g/mol. The highest BCUT2D eigenvalue weighted by molar-refractivity contribution is 7.99. The van der Waals surface area contributed by atoms with Gasteiger partial charge in [0.05, 0.1) is 7.11 Å². The van der Waals surface area contributed by atoms with Crippen molar-refractivity contribution in [2.24, 2.45) is 0 Å². The van der Waals surface area contributed by atoms with Crippen LogP contribution in [0.25, 0.3) is 0 Å². The number of nitro groups is 1. The van der Waals surface area contributed by atoms with Gasteiger partial charge in [-0.15, -0.1) is 0 Å². The molecule has 0 fully saturated rings. The first-order chi connectivity index (χ1) is 6.22. The fourth-order valence-corrected chi connectivity index (χ4v) is 1.45. The summed E-state index contributed by atoms with van der Waals surface area (Å²) in [5.74, 6) is 0.598. The van der Waals surface area contributed by atoms with Gasteiger partial charge in [-0.05, 0) is 30.0 Å². The zero-order valence-electron chi connectivity index (χ0n) is 7.10. The second kappa shape index (κ2) is 4.71. The molecule has 5 heteroatoms. The predicted molar refractivity (Wildman–Crippen MR) is 50.7 cm³/mol. The summed E-state index contributed by atoms with van der Waals surface area (Å²) in [5.41, 5.74) is 0. The maximum Gasteiger partial charge on any atom is 0.253 e. The first-order valence-corrected chi connectivity index (χ1v) is 4.59. The van der Waals surface area contributed by atoms with E-state index < -0.39 is 0 Å². The van der Waals surface area contributed by atoms with E-state index >= 15 is 0 Å². The molecule has 0 N–H and O–H groups in total. The Bertz CT molecular complexity index is 303. The standard InChI is InChI=1S/C8H9NO3S/c1-12-7-3-2-4-8(5-7)13-6-9(10)11/h2-5H,6H2,1H3. The Morgan fingerprint density at radius 1 is 1.62 bits per heavy atom. The molecule has 4 nitrogen and oxygen atoms in total. The number of rotatable bonds is 4. The van der Waals surface area contributed by atoms with Crippen molar-refractivity contribution < 1.29 is 9.66 Å². The lowest BCUT2D eigenvalue weighted by atomic mass is 10.3. The molecule has 0 aliphatic carbocycles. The van der Waals surface area contributed by atoms with Crippen LogP contribution in [0.1, 0.15) is 0 Å². The maximum absolute atomic E-state index is 10.1. The lowest BCUT2D eigenvalue weighted by molar-refractivity contribution is -0.456. The van der Waals surface area contributed by atoms with E-state index in [-0.39, 0.29) is 10.8 Å². The number of hydrogen-bond acceptors (Lipinski definition) is 4. The molecule has 0 heterocycles. The molecule has 13 heavy (non-hydrogen) atoms. The predicted octanol–water partition coefficient (Wildman–Crippen LogP) is 2.02. The fourth-order valence-electron chi connectivity index (χ4n) is 0.818. The van der Waals surface area contributed by atoms with Gasteiger partial charge in [0.1, 0.15) is 5.75 Å². The van der Waals surface area contributed by atoms with Gasteiger partial charge in [-0.3, -0.25) is 10.1 Å². The normalized spacial score (nSPS) is 9.62. The van der Waals surface area contributed by atoms with Crippen LogP contribution in [-0.4, -0.2) is 17.9 Å². The highest BCUT2D eigenvalue weighted by atomic mass is 32.2. The fraction of sp³-hybridized carbons (Fsp3) is 0.250. The molecule has 1 rings (SSSR count). The number of benzene rings is 1. The van der Waals surface area contributed by atoms with E-state index in [1.54, 1.807) is 25.3 Å². The third kappa shape index (κ3) is 3.33. The van der Waals surface area contributed by atoms with E-state index in [9.17, 15) is 10.1 Å². The van der Waals surface area contributed by atoms with Crippen LogP contribution in [0.4, 0.5) is 0 Å². The number of hydrogen-bond donors (Lipinski definition) is 0. The van der Waals surface area contributed by atoms with Crippen LogP contribution in [0.2, 0.25) is 0 Å². The summed E-state index contributed by atoms with van der Waals surface area (Å²) in [4.78, 5) is 10.6. The van der Waals surface area contributed by atoms with Crippen molar-refractivity contribution in [3.05, 3.63) is 34.4 Å². The van der Waals surface area contributed by atoms with Crippen LogP contribution >= 0.6 is 11.8 Å². The molecule has 0 radical (unpaired) electrons. The zero-order valence-corrected chi connectivity index (χ0v) is 7.91. The molecular formula is C8H9NO3S. The van der Waals surface area contributed by atoms with Crippen LogP contribution in [0, 0.1) is 10.1 Å². The van der Waals surface area contributed by atoms with Gasteiger partial charge in [0.2, 0.25) is 0 Å². The molecule has 0 aliphatic rings. The third-order valence-electron chi connectivity index (χ3n) is 1.38. The zero-order chi connectivity index (χ0) is 9.68. The molecule has 0 saturated carbocycles. The van der Waals surface area contributed by atoms with Gasteiger partial charge in [-0.1, -0.05) is 6.07 Å². The Labute approximate surface area is 80.1 Å². The molecule has 0 amide bonds. The second-order valence-corrected chi connectivity index (χ2v) is 3.30. The Balaban J connectivity index is 2.61.